The molecule has 1 N–H and O–H groups in total. The molecule has 0 spiro atoms. The van der Waals surface area contributed by atoms with Crippen LogP contribution in [0.5, 0.6) is 0 Å². The molecule has 6 nitrogen and oxygen atoms in total. The van der Waals surface area contributed by atoms with Crippen molar-refractivity contribution in [3.05, 3.63) is 65.7 Å². The summed E-state index contributed by atoms with van der Waals surface area (Å²) in [5, 5.41) is 3.37. The molecule has 2 aliphatic rings. The molecule has 8 heteroatoms. The number of fused-ring (bicyclic) bond motifs is 4. The molecular formula is C21H17ClFN5O. The van der Waals surface area contributed by atoms with Crippen molar-refractivity contribution in [3.63, 3.8) is 0 Å². The third kappa shape index (κ3) is 3.27. The molecule has 1 atom stereocenters. The Morgan fingerprint density at radius 2 is 2.10 bits per heavy atom. The van der Waals surface area contributed by atoms with Crippen molar-refractivity contribution in [2.75, 3.05) is 28.2 Å². The number of urea groups is 1. The molecule has 3 aromatic rings. The molecule has 2 bridgehead atoms. The second kappa shape index (κ2) is 7.00. The highest BCUT2D eigenvalue weighted by Crippen LogP contribution is 2.40. The Morgan fingerprint density at radius 3 is 2.93 bits per heavy atom. The van der Waals surface area contributed by atoms with E-state index in [-0.39, 0.29) is 12.1 Å². The number of carbonyl (C=O) groups excluding carboxylic acids is 1. The van der Waals surface area contributed by atoms with E-state index in [0.29, 0.717) is 16.5 Å². The molecule has 0 aliphatic carbocycles. The summed E-state index contributed by atoms with van der Waals surface area (Å²) in [4.78, 5) is 25.6. The van der Waals surface area contributed by atoms with Crippen LogP contribution in [-0.4, -0.2) is 35.1 Å². The Hall–Kier alpha value is -3.19. The van der Waals surface area contributed by atoms with E-state index in [4.69, 9.17) is 16.6 Å². The number of carbonyl (C=O) groups is 1. The van der Waals surface area contributed by atoms with Crippen LogP contribution in [0.4, 0.5) is 26.4 Å². The molecule has 1 fully saturated rings. The van der Waals surface area contributed by atoms with Crippen LogP contribution in [0, 0.1) is 5.82 Å². The van der Waals surface area contributed by atoms with Gasteiger partial charge in [0, 0.05) is 29.7 Å². The van der Waals surface area contributed by atoms with Crippen molar-refractivity contribution in [2.24, 2.45) is 0 Å². The van der Waals surface area contributed by atoms with Crippen molar-refractivity contribution < 1.29 is 9.18 Å². The Kier molecular flexibility index (Phi) is 4.32. The van der Waals surface area contributed by atoms with E-state index >= 15 is 0 Å². The van der Waals surface area contributed by atoms with E-state index in [2.05, 4.69) is 15.2 Å². The SMILES string of the molecule is O=C(Nc1cncc(F)c1)N1c2nc(-c3cccc(Cl)c3)ccc2N2CC[C@@H]1C2. The van der Waals surface area contributed by atoms with Gasteiger partial charge in [-0.25, -0.2) is 14.2 Å². The third-order valence-corrected chi connectivity index (χ3v) is 5.48. The number of pyridine rings is 2. The predicted molar refractivity (Wildman–Crippen MR) is 111 cm³/mol. The molecule has 2 amide bonds. The van der Waals surface area contributed by atoms with Crippen LogP contribution in [0.3, 0.4) is 0 Å². The lowest BCUT2D eigenvalue weighted by Crippen LogP contribution is -2.48. The van der Waals surface area contributed by atoms with Gasteiger partial charge in [-0.15, -0.1) is 0 Å². The number of nitrogens with zero attached hydrogens (tertiary/aromatic N) is 4. The van der Waals surface area contributed by atoms with Crippen molar-refractivity contribution in [2.45, 2.75) is 12.5 Å². The molecule has 2 aliphatic heterocycles. The zero-order valence-electron chi connectivity index (χ0n) is 15.3. The predicted octanol–water partition coefficient (Wildman–Crippen LogP) is 4.57. The minimum absolute atomic E-state index is 0.00568. The minimum Gasteiger partial charge on any atom is -0.366 e. The first kappa shape index (κ1) is 17.9. The maximum absolute atomic E-state index is 13.5. The summed E-state index contributed by atoms with van der Waals surface area (Å²) in [7, 11) is 0. The Bertz CT molecular complexity index is 1110. The lowest BCUT2D eigenvalue weighted by Gasteiger charge is -2.35. The highest BCUT2D eigenvalue weighted by molar-refractivity contribution is 6.30. The molecule has 0 saturated carbocycles. The van der Waals surface area contributed by atoms with Gasteiger partial charge >= 0.3 is 6.03 Å². The van der Waals surface area contributed by atoms with Crippen LogP contribution in [0.25, 0.3) is 11.3 Å². The van der Waals surface area contributed by atoms with Gasteiger partial charge in [-0.05, 0) is 30.7 Å². The molecule has 4 heterocycles. The van der Waals surface area contributed by atoms with E-state index in [1.54, 1.807) is 4.90 Å². The second-order valence-electron chi connectivity index (χ2n) is 7.13. The van der Waals surface area contributed by atoms with E-state index in [1.165, 1.54) is 12.3 Å². The van der Waals surface area contributed by atoms with Crippen LogP contribution >= 0.6 is 11.6 Å². The topological polar surface area (TPSA) is 61.4 Å². The molecule has 146 valence electrons. The van der Waals surface area contributed by atoms with Gasteiger partial charge in [-0.3, -0.25) is 9.88 Å². The molecule has 2 aromatic heterocycles. The summed E-state index contributed by atoms with van der Waals surface area (Å²) in [6, 6.07) is 12.3. The second-order valence-corrected chi connectivity index (χ2v) is 7.57. The van der Waals surface area contributed by atoms with Gasteiger partial charge in [-0.2, -0.15) is 0 Å². The molecular weight excluding hydrogens is 393 g/mol. The average molecular weight is 410 g/mol. The van der Waals surface area contributed by atoms with Gasteiger partial charge in [0.25, 0.3) is 0 Å². The number of amides is 2. The van der Waals surface area contributed by atoms with Crippen LogP contribution < -0.4 is 15.1 Å². The highest BCUT2D eigenvalue weighted by Gasteiger charge is 2.40. The number of aromatic nitrogens is 2. The van der Waals surface area contributed by atoms with Crippen molar-refractivity contribution in [1.29, 1.82) is 0 Å². The van der Waals surface area contributed by atoms with E-state index in [9.17, 15) is 9.18 Å². The Balaban J connectivity index is 1.53. The van der Waals surface area contributed by atoms with Gasteiger partial charge in [0.2, 0.25) is 0 Å². The molecule has 1 aromatic carbocycles. The summed E-state index contributed by atoms with van der Waals surface area (Å²) < 4.78 is 13.5. The van der Waals surface area contributed by atoms with Crippen molar-refractivity contribution in [1.82, 2.24) is 9.97 Å². The number of benzene rings is 1. The first-order valence-corrected chi connectivity index (χ1v) is 9.69. The molecule has 1 saturated heterocycles. The zero-order valence-corrected chi connectivity index (χ0v) is 16.1. The fraction of sp³-hybridized carbons (Fsp3) is 0.190. The van der Waals surface area contributed by atoms with E-state index in [0.717, 1.165) is 42.7 Å². The van der Waals surface area contributed by atoms with Crippen LogP contribution in [0.2, 0.25) is 5.02 Å². The number of nitrogens with one attached hydrogen (secondary N) is 1. The standard InChI is InChI=1S/C21H17ClFN5O/c22-14-3-1-2-13(8-14)18-4-5-19-20(26-18)28(17-6-7-27(19)12-17)21(29)25-16-9-15(23)10-24-11-16/h1-5,8-11,17H,6-7,12H2,(H,25,29)/t17-/m1/s1. The van der Waals surface area contributed by atoms with Gasteiger partial charge in [-0.1, -0.05) is 23.7 Å². The fourth-order valence-electron chi connectivity index (χ4n) is 3.94. The Morgan fingerprint density at radius 1 is 1.21 bits per heavy atom. The lowest BCUT2D eigenvalue weighted by atomic mass is 10.1. The largest absolute Gasteiger partial charge is 0.366 e. The fourth-order valence-corrected chi connectivity index (χ4v) is 4.13. The number of anilines is 3. The molecule has 0 radical (unpaired) electrons. The summed E-state index contributed by atoms with van der Waals surface area (Å²) in [6.07, 6.45) is 3.36. The normalized spacial score (nSPS) is 17.2. The average Bonchev–Trinajstić information content (AvgIpc) is 3.12. The maximum atomic E-state index is 13.5. The van der Waals surface area contributed by atoms with Crippen molar-refractivity contribution in [3.8, 4) is 11.3 Å². The first-order valence-electron chi connectivity index (χ1n) is 9.31. The quantitative estimate of drug-likeness (QED) is 0.673. The lowest BCUT2D eigenvalue weighted by molar-refractivity contribution is 0.255. The van der Waals surface area contributed by atoms with Crippen LogP contribution in [0.15, 0.2) is 54.9 Å². The number of rotatable bonds is 2. The summed E-state index contributed by atoms with van der Waals surface area (Å²) >= 11 is 6.13. The molecule has 5 rings (SSSR count). The summed E-state index contributed by atoms with van der Waals surface area (Å²) in [5.74, 6) is 0.0911. The van der Waals surface area contributed by atoms with Gasteiger partial charge in [0.15, 0.2) is 5.82 Å². The molecule has 0 unspecified atom stereocenters. The van der Waals surface area contributed by atoms with Crippen LogP contribution in [0.1, 0.15) is 6.42 Å². The third-order valence-electron chi connectivity index (χ3n) is 5.25. The van der Waals surface area contributed by atoms with Gasteiger partial charge in [0.05, 0.1) is 35.5 Å². The number of hydrogen-bond acceptors (Lipinski definition) is 4. The number of hydrogen-bond donors (Lipinski definition) is 1. The van der Waals surface area contributed by atoms with E-state index in [1.807, 2.05) is 36.4 Å². The Labute approximate surface area is 171 Å². The highest BCUT2D eigenvalue weighted by atomic mass is 35.5. The molecule has 29 heavy (non-hydrogen) atoms. The van der Waals surface area contributed by atoms with Gasteiger partial charge in [0.1, 0.15) is 5.82 Å². The van der Waals surface area contributed by atoms with Crippen LogP contribution in [-0.2, 0) is 0 Å². The minimum atomic E-state index is -0.504. The first-order chi connectivity index (χ1) is 14.1. The van der Waals surface area contributed by atoms with Crippen molar-refractivity contribution >= 4 is 34.8 Å². The monoisotopic (exact) mass is 409 g/mol. The number of halogens is 2. The smallest absolute Gasteiger partial charge is 0.327 e. The van der Waals surface area contributed by atoms with E-state index < -0.39 is 5.82 Å². The summed E-state index contributed by atoms with van der Waals surface area (Å²) in [5.41, 5.74) is 2.84. The summed E-state index contributed by atoms with van der Waals surface area (Å²) in [6.45, 7) is 1.61. The maximum Gasteiger partial charge on any atom is 0.327 e. The van der Waals surface area contributed by atoms with Gasteiger partial charge < -0.3 is 10.2 Å². The zero-order chi connectivity index (χ0) is 20.0.